The van der Waals surface area contributed by atoms with E-state index in [2.05, 4.69) is 18.7 Å². The molecule has 2 aliphatic heterocycles. The second kappa shape index (κ2) is 8.95. The first-order valence-corrected chi connectivity index (χ1v) is 10.4. The van der Waals surface area contributed by atoms with Gasteiger partial charge in [-0.3, -0.25) is 14.5 Å². The van der Waals surface area contributed by atoms with Gasteiger partial charge < -0.3 is 14.5 Å². The van der Waals surface area contributed by atoms with Gasteiger partial charge in [0.1, 0.15) is 12.1 Å². The molecule has 0 radical (unpaired) electrons. The number of likely N-dealkylation sites (tertiary alicyclic amines) is 1. The number of carbonyl (C=O) groups excluding carboxylic acids is 3. The monoisotopic (exact) mass is 401 g/mol. The molecule has 1 atom stereocenters. The Hall–Kier alpha value is -2.41. The number of amides is 3. The van der Waals surface area contributed by atoms with Crippen molar-refractivity contribution in [2.45, 2.75) is 51.1 Å². The number of piperidine rings is 1. The first-order valence-electron chi connectivity index (χ1n) is 10.4. The van der Waals surface area contributed by atoms with Crippen molar-refractivity contribution in [2.75, 3.05) is 33.3 Å². The normalized spacial score (nSPS) is 20.4. The molecule has 1 aromatic rings. The fourth-order valence-corrected chi connectivity index (χ4v) is 4.39. The Labute approximate surface area is 172 Å². The van der Waals surface area contributed by atoms with Gasteiger partial charge in [0.15, 0.2) is 0 Å². The van der Waals surface area contributed by atoms with Crippen molar-refractivity contribution in [3.8, 4) is 0 Å². The maximum atomic E-state index is 13.3. The molecule has 3 amide bonds. The van der Waals surface area contributed by atoms with E-state index in [4.69, 9.17) is 4.74 Å². The lowest BCUT2D eigenvalue weighted by Gasteiger charge is -2.44. The van der Waals surface area contributed by atoms with Crippen LogP contribution in [0.5, 0.6) is 0 Å². The molecule has 29 heavy (non-hydrogen) atoms. The number of carbonyl (C=O) groups is 3. The minimum Gasteiger partial charge on any atom is -0.468 e. The first kappa shape index (κ1) is 21.3. The van der Waals surface area contributed by atoms with Gasteiger partial charge in [0, 0.05) is 25.7 Å². The second-order valence-corrected chi connectivity index (χ2v) is 7.96. The fraction of sp³-hybridized carbons (Fsp3) is 0.591. The van der Waals surface area contributed by atoms with Crippen LogP contribution in [-0.2, 0) is 20.7 Å². The molecule has 1 spiro atoms. The Bertz CT molecular complexity index is 744. The molecular formula is C22H31N3O4. The summed E-state index contributed by atoms with van der Waals surface area (Å²) in [7, 11) is 1.26. The van der Waals surface area contributed by atoms with Crippen molar-refractivity contribution < 1.29 is 19.1 Å². The number of rotatable bonds is 7. The van der Waals surface area contributed by atoms with E-state index in [-0.39, 0.29) is 18.5 Å². The van der Waals surface area contributed by atoms with Gasteiger partial charge in [0.05, 0.1) is 7.11 Å². The largest absolute Gasteiger partial charge is 0.468 e. The molecule has 1 aromatic carbocycles. The van der Waals surface area contributed by atoms with Crippen LogP contribution in [0, 0.1) is 0 Å². The van der Waals surface area contributed by atoms with E-state index < -0.39 is 11.5 Å². The third kappa shape index (κ3) is 4.15. The van der Waals surface area contributed by atoms with Crippen molar-refractivity contribution in [3.63, 3.8) is 0 Å². The molecular weight excluding hydrogens is 370 g/mol. The Balaban J connectivity index is 1.82. The zero-order valence-corrected chi connectivity index (χ0v) is 17.6. The summed E-state index contributed by atoms with van der Waals surface area (Å²) in [5.41, 5.74) is 0.260. The van der Waals surface area contributed by atoms with E-state index >= 15 is 0 Å². The summed E-state index contributed by atoms with van der Waals surface area (Å²) in [5.74, 6) is -0.839. The molecule has 0 N–H and O–H groups in total. The minimum atomic E-state index is -0.857. The van der Waals surface area contributed by atoms with Crippen molar-refractivity contribution in [2.24, 2.45) is 0 Å². The number of urea groups is 1. The van der Waals surface area contributed by atoms with Gasteiger partial charge in [-0.1, -0.05) is 37.3 Å². The summed E-state index contributed by atoms with van der Waals surface area (Å²) in [4.78, 5) is 43.5. The van der Waals surface area contributed by atoms with E-state index in [9.17, 15) is 14.4 Å². The predicted octanol–water partition coefficient (Wildman–Crippen LogP) is 2.30. The van der Waals surface area contributed by atoms with Gasteiger partial charge in [-0.2, -0.15) is 0 Å². The van der Waals surface area contributed by atoms with Crippen molar-refractivity contribution >= 4 is 17.9 Å². The van der Waals surface area contributed by atoms with Crippen LogP contribution in [0.1, 0.15) is 38.7 Å². The van der Waals surface area contributed by atoms with Crippen LogP contribution in [0.4, 0.5) is 4.79 Å². The van der Waals surface area contributed by atoms with Gasteiger partial charge in [-0.15, -0.1) is 0 Å². The number of methoxy groups -OCH3 is 1. The molecule has 2 saturated heterocycles. The number of benzene rings is 1. The average molecular weight is 402 g/mol. The molecule has 7 heteroatoms. The number of imide groups is 1. The van der Waals surface area contributed by atoms with Crippen LogP contribution < -0.4 is 0 Å². The summed E-state index contributed by atoms with van der Waals surface area (Å²) < 4.78 is 4.70. The van der Waals surface area contributed by atoms with Crippen LogP contribution in [-0.4, -0.2) is 77.5 Å². The third-order valence-corrected chi connectivity index (χ3v) is 6.44. The summed E-state index contributed by atoms with van der Waals surface area (Å²) >= 11 is 0. The van der Waals surface area contributed by atoms with E-state index in [0.29, 0.717) is 31.8 Å². The molecule has 0 aliphatic carbocycles. The highest BCUT2D eigenvalue weighted by Crippen LogP contribution is 2.38. The third-order valence-electron chi connectivity index (χ3n) is 6.44. The average Bonchev–Trinajstić information content (AvgIpc) is 2.94. The molecule has 3 rings (SSSR count). The van der Waals surface area contributed by atoms with E-state index in [0.717, 1.165) is 30.0 Å². The van der Waals surface area contributed by atoms with Crippen molar-refractivity contribution in [3.05, 3.63) is 35.9 Å². The van der Waals surface area contributed by atoms with E-state index in [1.807, 2.05) is 30.3 Å². The van der Waals surface area contributed by atoms with E-state index in [1.54, 1.807) is 4.90 Å². The van der Waals surface area contributed by atoms with Gasteiger partial charge in [0.2, 0.25) is 0 Å². The molecule has 7 nitrogen and oxygen atoms in total. The molecule has 2 heterocycles. The highest BCUT2D eigenvalue weighted by Gasteiger charge is 2.58. The summed E-state index contributed by atoms with van der Waals surface area (Å²) in [6.07, 6.45) is 2.90. The standard InChI is InChI=1S/C22H31N3O4/c1-4-17(2)23-14-11-22(12-15-23)20(27)24(16-19(26)29-3)21(28)25(22)13-10-18-8-6-5-7-9-18/h5-9,17H,4,10-16H2,1-3H3/t17-/m0/s1. The lowest BCUT2D eigenvalue weighted by Crippen LogP contribution is -2.58. The SMILES string of the molecule is CC[C@H](C)N1CCC2(CC1)C(=O)N(CC(=O)OC)C(=O)N2CCc1ccccc1. The number of ether oxygens (including phenoxy) is 1. The molecule has 2 aliphatic rings. The quantitative estimate of drug-likeness (QED) is 0.518. The number of hydrogen-bond acceptors (Lipinski definition) is 5. The fourth-order valence-electron chi connectivity index (χ4n) is 4.39. The highest BCUT2D eigenvalue weighted by atomic mass is 16.5. The number of esters is 1. The molecule has 0 aromatic heterocycles. The predicted molar refractivity (Wildman–Crippen MR) is 109 cm³/mol. The summed E-state index contributed by atoms with van der Waals surface area (Å²) in [6.45, 7) is 6.01. The topological polar surface area (TPSA) is 70.2 Å². The molecule has 0 saturated carbocycles. The van der Waals surface area contributed by atoms with Crippen LogP contribution in [0.25, 0.3) is 0 Å². The van der Waals surface area contributed by atoms with Crippen LogP contribution in [0.3, 0.4) is 0 Å². The molecule has 2 fully saturated rings. The van der Waals surface area contributed by atoms with Gasteiger partial charge in [-0.05, 0) is 38.2 Å². The smallest absolute Gasteiger partial charge is 0.328 e. The van der Waals surface area contributed by atoms with Gasteiger partial charge >= 0.3 is 12.0 Å². The van der Waals surface area contributed by atoms with Crippen LogP contribution >= 0.6 is 0 Å². The number of nitrogens with zero attached hydrogens (tertiary/aromatic N) is 3. The Morgan fingerprint density at radius 3 is 2.41 bits per heavy atom. The lowest BCUT2D eigenvalue weighted by molar-refractivity contribution is -0.146. The second-order valence-electron chi connectivity index (χ2n) is 7.96. The summed E-state index contributed by atoms with van der Waals surface area (Å²) in [5, 5.41) is 0. The van der Waals surface area contributed by atoms with E-state index in [1.165, 1.54) is 7.11 Å². The van der Waals surface area contributed by atoms with Gasteiger partial charge in [-0.25, -0.2) is 4.79 Å². The van der Waals surface area contributed by atoms with Crippen LogP contribution in [0.15, 0.2) is 30.3 Å². The first-order chi connectivity index (χ1) is 13.9. The van der Waals surface area contributed by atoms with Crippen LogP contribution in [0.2, 0.25) is 0 Å². The van der Waals surface area contributed by atoms with Crippen molar-refractivity contribution in [1.82, 2.24) is 14.7 Å². The Kier molecular flexibility index (Phi) is 6.57. The maximum absolute atomic E-state index is 13.3. The molecule has 158 valence electrons. The Morgan fingerprint density at radius 1 is 1.17 bits per heavy atom. The zero-order valence-electron chi connectivity index (χ0n) is 17.6. The Morgan fingerprint density at radius 2 is 1.83 bits per heavy atom. The minimum absolute atomic E-state index is 0.259. The molecule has 0 bridgehead atoms. The maximum Gasteiger partial charge on any atom is 0.328 e. The zero-order chi connectivity index (χ0) is 21.0. The highest BCUT2D eigenvalue weighted by molar-refractivity contribution is 6.08. The number of hydrogen-bond donors (Lipinski definition) is 0. The summed E-state index contributed by atoms with van der Waals surface area (Å²) in [6, 6.07) is 10.0. The van der Waals surface area contributed by atoms with Gasteiger partial charge in [0.25, 0.3) is 5.91 Å². The molecule has 0 unspecified atom stereocenters. The lowest BCUT2D eigenvalue weighted by atomic mass is 9.85. The van der Waals surface area contributed by atoms with Crippen molar-refractivity contribution in [1.29, 1.82) is 0 Å².